The average Bonchev–Trinajstić information content (AvgIpc) is 2.88. The standard InChI is InChI=1S/C16H35N3O4S/c1-17(2)14-16(20)15-19(3,12-7-13-24(21,22)23)11-6-10-18-8-4-5-9-18/h16,20H,4-15H2,1-3H3/p+1. The van der Waals surface area contributed by atoms with Crippen LogP contribution in [0.3, 0.4) is 0 Å². The topological polar surface area (TPSA) is 81.1 Å². The fraction of sp³-hybridized carbons (Fsp3) is 1.00. The Bertz CT molecular complexity index is 452. The number of quaternary nitrogens is 1. The summed E-state index contributed by atoms with van der Waals surface area (Å²) in [5, 5.41) is 10.3. The van der Waals surface area contributed by atoms with Gasteiger partial charge in [0.2, 0.25) is 0 Å². The Hall–Kier alpha value is -0.250. The summed E-state index contributed by atoms with van der Waals surface area (Å²) in [6, 6.07) is 0. The Morgan fingerprint density at radius 2 is 1.75 bits per heavy atom. The van der Waals surface area contributed by atoms with Gasteiger partial charge in [-0.05, 0) is 40.0 Å². The third kappa shape index (κ3) is 9.90. The van der Waals surface area contributed by atoms with Gasteiger partial charge in [-0.15, -0.1) is 0 Å². The molecule has 1 saturated heterocycles. The zero-order valence-electron chi connectivity index (χ0n) is 15.5. The predicted octanol–water partition coefficient (Wildman–Crippen LogP) is 0.119. The van der Waals surface area contributed by atoms with E-state index in [1.165, 1.54) is 25.9 Å². The zero-order valence-corrected chi connectivity index (χ0v) is 16.3. The van der Waals surface area contributed by atoms with Crippen LogP contribution in [-0.4, -0.2) is 111 Å². The van der Waals surface area contributed by atoms with E-state index in [2.05, 4.69) is 11.9 Å². The van der Waals surface area contributed by atoms with Crippen LogP contribution in [0.25, 0.3) is 0 Å². The third-order valence-corrected chi connectivity index (χ3v) is 5.50. The molecule has 0 amide bonds. The largest absolute Gasteiger partial charge is 0.386 e. The third-order valence-electron chi connectivity index (χ3n) is 4.70. The van der Waals surface area contributed by atoms with E-state index in [1.807, 2.05) is 19.0 Å². The van der Waals surface area contributed by atoms with Crippen LogP contribution in [-0.2, 0) is 10.1 Å². The van der Waals surface area contributed by atoms with Crippen molar-refractivity contribution < 1.29 is 22.6 Å². The van der Waals surface area contributed by atoms with Gasteiger partial charge in [-0.25, -0.2) is 0 Å². The van der Waals surface area contributed by atoms with Crippen LogP contribution in [0.1, 0.15) is 25.7 Å². The molecule has 0 saturated carbocycles. The summed E-state index contributed by atoms with van der Waals surface area (Å²) in [4.78, 5) is 4.43. The highest BCUT2D eigenvalue weighted by Crippen LogP contribution is 2.12. The summed E-state index contributed by atoms with van der Waals surface area (Å²) < 4.78 is 31.5. The minimum absolute atomic E-state index is 0.212. The van der Waals surface area contributed by atoms with Crippen LogP contribution < -0.4 is 0 Å². The monoisotopic (exact) mass is 366 g/mol. The quantitative estimate of drug-likeness (QED) is 0.377. The van der Waals surface area contributed by atoms with Crippen molar-refractivity contribution in [1.82, 2.24) is 9.80 Å². The van der Waals surface area contributed by atoms with E-state index >= 15 is 0 Å². The summed E-state index contributed by atoms with van der Waals surface area (Å²) in [7, 11) is 2.02. The van der Waals surface area contributed by atoms with E-state index in [-0.39, 0.29) is 5.75 Å². The fourth-order valence-electron chi connectivity index (χ4n) is 3.59. The normalized spacial score (nSPS) is 20.4. The number of hydrogen-bond acceptors (Lipinski definition) is 5. The molecule has 1 aliphatic heterocycles. The van der Waals surface area contributed by atoms with Crippen LogP contribution in [0.4, 0.5) is 0 Å². The summed E-state index contributed by atoms with van der Waals surface area (Å²) in [6.07, 6.45) is 3.57. The second kappa shape index (κ2) is 10.0. The van der Waals surface area contributed by atoms with Gasteiger partial charge in [0.25, 0.3) is 10.1 Å². The molecule has 1 aliphatic rings. The minimum Gasteiger partial charge on any atom is -0.386 e. The molecule has 0 aromatic rings. The summed E-state index contributed by atoms with van der Waals surface area (Å²) in [5.74, 6) is -0.212. The molecule has 144 valence electrons. The van der Waals surface area contributed by atoms with Crippen molar-refractivity contribution in [2.75, 3.05) is 72.7 Å². The second-order valence-corrected chi connectivity index (χ2v) is 9.28. The van der Waals surface area contributed by atoms with E-state index in [0.29, 0.717) is 30.5 Å². The molecular weight excluding hydrogens is 330 g/mol. The molecule has 0 bridgehead atoms. The number of likely N-dealkylation sites (tertiary alicyclic amines) is 1. The maximum Gasteiger partial charge on any atom is 0.265 e. The SMILES string of the molecule is CN(C)CC(O)C[N+](C)(CCCN1CCCC1)CCCS(=O)(=O)O. The number of rotatable bonds is 12. The van der Waals surface area contributed by atoms with Gasteiger partial charge in [0.1, 0.15) is 12.6 Å². The molecule has 1 rings (SSSR count). The molecule has 24 heavy (non-hydrogen) atoms. The molecule has 2 unspecified atom stereocenters. The molecular formula is C16H36N3O4S+. The lowest BCUT2D eigenvalue weighted by Crippen LogP contribution is -2.52. The van der Waals surface area contributed by atoms with Crippen molar-refractivity contribution in [3.63, 3.8) is 0 Å². The lowest BCUT2D eigenvalue weighted by Gasteiger charge is -2.37. The van der Waals surface area contributed by atoms with Crippen molar-refractivity contribution in [3.8, 4) is 0 Å². The van der Waals surface area contributed by atoms with Crippen LogP contribution in [0.5, 0.6) is 0 Å². The maximum absolute atomic E-state index is 11.0. The van der Waals surface area contributed by atoms with Gasteiger partial charge in [0, 0.05) is 25.9 Å². The minimum atomic E-state index is -3.92. The molecule has 0 aliphatic carbocycles. The molecule has 0 spiro atoms. The highest BCUT2D eigenvalue weighted by Gasteiger charge is 2.26. The molecule has 0 aromatic carbocycles. The fourth-order valence-corrected chi connectivity index (χ4v) is 4.09. The smallest absolute Gasteiger partial charge is 0.265 e. The first kappa shape index (κ1) is 21.8. The number of aliphatic hydroxyl groups is 1. The molecule has 0 radical (unpaired) electrons. The van der Waals surface area contributed by atoms with Crippen molar-refractivity contribution in [2.24, 2.45) is 0 Å². The van der Waals surface area contributed by atoms with Crippen LogP contribution >= 0.6 is 0 Å². The zero-order chi connectivity index (χ0) is 18.2. The van der Waals surface area contributed by atoms with Crippen molar-refractivity contribution in [2.45, 2.75) is 31.8 Å². The van der Waals surface area contributed by atoms with Gasteiger partial charge < -0.3 is 19.4 Å². The van der Waals surface area contributed by atoms with Gasteiger partial charge in [0.15, 0.2) is 0 Å². The Morgan fingerprint density at radius 3 is 2.29 bits per heavy atom. The molecule has 1 heterocycles. The van der Waals surface area contributed by atoms with Crippen molar-refractivity contribution >= 4 is 10.1 Å². The first-order chi connectivity index (χ1) is 11.1. The van der Waals surface area contributed by atoms with Crippen molar-refractivity contribution in [1.29, 1.82) is 0 Å². The Labute approximate surface area is 147 Å². The summed E-state index contributed by atoms with van der Waals surface area (Å²) in [5.41, 5.74) is 0. The molecule has 2 atom stereocenters. The predicted molar refractivity (Wildman–Crippen MR) is 96.7 cm³/mol. The summed E-state index contributed by atoms with van der Waals surface area (Å²) in [6.45, 7) is 6.17. The van der Waals surface area contributed by atoms with Crippen molar-refractivity contribution in [3.05, 3.63) is 0 Å². The maximum atomic E-state index is 11.0. The lowest BCUT2D eigenvalue weighted by atomic mass is 10.2. The van der Waals surface area contributed by atoms with Crippen LogP contribution in [0.2, 0.25) is 0 Å². The highest BCUT2D eigenvalue weighted by molar-refractivity contribution is 7.85. The first-order valence-electron chi connectivity index (χ1n) is 8.93. The van der Waals surface area contributed by atoms with Gasteiger partial charge >= 0.3 is 0 Å². The Morgan fingerprint density at radius 1 is 1.17 bits per heavy atom. The first-order valence-corrected chi connectivity index (χ1v) is 10.5. The number of aliphatic hydroxyl groups excluding tert-OH is 1. The van der Waals surface area contributed by atoms with Gasteiger partial charge in [-0.1, -0.05) is 0 Å². The van der Waals surface area contributed by atoms with E-state index in [0.717, 1.165) is 19.5 Å². The van der Waals surface area contributed by atoms with Gasteiger partial charge in [-0.2, -0.15) is 8.42 Å². The van der Waals surface area contributed by atoms with E-state index in [4.69, 9.17) is 4.55 Å². The number of nitrogens with zero attached hydrogens (tertiary/aromatic N) is 3. The van der Waals surface area contributed by atoms with Gasteiger partial charge in [0.05, 0.1) is 25.9 Å². The number of hydrogen-bond donors (Lipinski definition) is 2. The average molecular weight is 367 g/mol. The lowest BCUT2D eigenvalue weighted by molar-refractivity contribution is -0.912. The molecule has 7 nitrogen and oxygen atoms in total. The van der Waals surface area contributed by atoms with E-state index in [1.54, 1.807) is 0 Å². The molecule has 1 fully saturated rings. The highest BCUT2D eigenvalue weighted by atomic mass is 32.2. The van der Waals surface area contributed by atoms with Crippen LogP contribution in [0.15, 0.2) is 0 Å². The molecule has 0 aromatic heterocycles. The van der Waals surface area contributed by atoms with E-state index < -0.39 is 16.2 Å². The molecule has 2 N–H and O–H groups in total. The Balaban J connectivity index is 2.51. The Kier molecular flexibility index (Phi) is 9.11. The van der Waals surface area contributed by atoms with E-state index in [9.17, 15) is 13.5 Å². The van der Waals surface area contributed by atoms with Gasteiger partial charge in [-0.3, -0.25) is 4.55 Å². The summed E-state index contributed by atoms with van der Waals surface area (Å²) >= 11 is 0. The number of likely N-dealkylation sites (N-methyl/N-ethyl adjacent to an activating group) is 2. The molecule has 8 heteroatoms. The van der Waals surface area contributed by atoms with Crippen LogP contribution in [0, 0.1) is 0 Å². The second-order valence-electron chi connectivity index (χ2n) is 7.71.